The Kier molecular flexibility index (Phi) is 3.79. The number of hydrogen-bond acceptors (Lipinski definition) is 4. The average molecular weight is 322 g/mol. The van der Waals surface area contributed by atoms with Crippen molar-refractivity contribution in [1.82, 2.24) is 15.0 Å². The van der Waals surface area contributed by atoms with E-state index < -0.39 is 0 Å². The molecule has 0 aliphatic carbocycles. The van der Waals surface area contributed by atoms with Gasteiger partial charge in [0.15, 0.2) is 0 Å². The summed E-state index contributed by atoms with van der Waals surface area (Å²) < 4.78 is 0. The minimum absolute atomic E-state index is 0.0518. The maximum atomic E-state index is 9.96. The Bertz CT molecular complexity index is 891. The number of anilines is 1. The first kappa shape index (κ1) is 16.1. The Morgan fingerprint density at radius 1 is 1.08 bits per heavy atom. The van der Waals surface area contributed by atoms with Crippen LogP contribution in [0.1, 0.15) is 32.3 Å². The first-order valence-electron chi connectivity index (χ1n) is 7.89. The van der Waals surface area contributed by atoms with E-state index in [1.54, 1.807) is 12.1 Å². The highest BCUT2D eigenvalue weighted by Crippen LogP contribution is 2.35. The van der Waals surface area contributed by atoms with Crippen molar-refractivity contribution in [1.29, 1.82) is 0 Å². The molecule has 0 saturated heterocycles. The van der Waals surface area contributed by atoms with Crippen LogP contribution in [0.15, 0.2) is 36.4 Å². The maximum absolute atomic E-state index is 9.96. The molecule has 0 bridgehead atoms. The molecular formula is C19H22N4O. The predicted octanol–water partition coefficient (Wildman–Crippen LogP) is 4.03. The molecule has 5 heteroatoms. The zero-order valence-electron chi connectivity index (χ0n) is 14.4. The molecule has 3 aromatic rings. The van der Waals surface area contributed by atoms with Crippen molar-refractivity contribution in [2.75, 3.05) is 5.73 Å². The molecule has 3 rings (SSSR count). The van der Waals surface area contributed by atoms with E-state index in [1.165, 1.54) is 0 Å². The minimum Gasteiger partial charge on any atom is -0.506 e. The highest BCUT2D eigenvalue weighted by atomic mass is 16.3. The van der Waals surface area contributed by atoms with Gasteiger partial charge in [-0.3, -0.25) is 4.98 Å². The second kappa shape index (κ2) is 5.67. The molecule has 4 N–H and O–H groups in total. The van der Waals surface area contributed by atoms with Gasteiger partial charge in [0.25, 0.3) is 0 Å². The SMILES string of the molecule is Cc1cccc(-c2[nH]c(C(C)(C)C)nc2-c2ccc(N)c(O)c2)n1. The third kappa shape index (κ3) is 2.97. The fourth-order valence-electron chi connectivity index (χ4n) is 2.50. The molecule has 1 aromatic carbocycles. The highest BCUT2D eigenvalue weighted by molar-refractivity contribution is 5.79. The van der Waals surface area contributed by atoms with Gasteiger partial charge in [0.2, 0.25) is 0 Å². The maximum Gasteiger partial charge on any atom is 0.139 e. The summed E-state index contributed by atoms with van der Waals surface area (Å²) in [5.41, 5.74) is 10.1. The summed E-state index contributed by atoms with van der Waals surface area (Å²) in [5.74, 6) is 0.920. The van der Waals surface area contributed by atoms with Crippen molar-refractivity contribution in [2.24, 2.45) is 0 Å². The van der Waals surface area contributed by atoms with Crippen LogP contribution in [-0.4, -0.2) is 20.1 Å². The molecule has 124 valence electrons. The quantitative estimate of drug-likeness (QED) is 0.491. The normalized spacial score (nSPS) is 11.7. The molecule has 0 fully saturated rings. The summed E-state index contributed by atoms with van der Waals surface area (Å²) in [4.78, 5) is 12.8. The first-order chi connectivity index (χ1) is 11.3. The smallest absolute Gasteiger partial charge is 0.139 e. The monoisotopic (exact) mass is 322 g/mol. The number of hydrogen-bond donors (Lipinski definition) is 3. The molecule has 0 aliphatic heterocycles. The summed E-state index contributed by atoms with van der Waals surface area (Å²) in [6.07, 6.45) is 0. The topological polar surface area (TPSA) is 87.8 Å². The van der Waals surface area contributed by atoms with Gasteiger partial charge in [0, 0.05) is 16.7 Å². The largest absolute Gasteiger partial charge is 0.506 e. The van der Waals surface area contributed by atoms with Gasteiger partial charge in [0.05, 0.1) is 22.8 Å². The molecule has 2 aromatic heterocycles. The molecule has 24 heavy (non-hydrogen) atoms. The third-order valence-electron chi connectivity index (χ3n) is 3.86. The van der Waals surface area contributed by atoms with Crippen molar-refractivity contribution in [2.45, 2.75) is 33.1 Å². The Balaban J connectivity index is 2.23. The van der Waals surface area contributed by atoms with Gasteiger partial charge in [-0.25, -0.2) is 4.98 Å². The zero-order valence-corrected chi connectivity index (χ0v) is 14.4. The standard InChI is InChI=1S/C19H22N4O/c1-11-6-5-7-14(21-11)17-16(22-18(23-17)19(2,3)4)12-8-9-13(20)15(24)10-12/h5-10,24H,20H2,1-4H3,(H,22,23). The van der Waals surface area contributed by atoms with E-state index >= 15 is 0 Å². The number of phenolic OH excluding ortho intramolecular Hbond substituents is 1. The molecule has 0 amide bonds. The van der Waals surface area contributed by atoms with Gasteiger partial charge < -0.3 is 15.8 Å². The summed E-state index contributed by atoms with van der Waals surface area (Å²) in [5, 5.41) is 9.96. The molecule has 0 spiro atoms. The molecular weight excluding hydrogens is 300 g/mol. The number of nitrogens with one attached hydrogen (secondary N) is 1. The van der Waals surface area contributed by atoms with Crippen molar-refractivity contribution < 1.29 is 5.11 Å². The van der Waals surface area contributed by atoms with Crippen LogP contribution in [0.3, 0.4) is 0 Å². The van der Waals surface area contributed by atoms with Crippen LogP contribution in [0, 0.1) is 6.92 Å². The lowest BCUT2D eigenvalue weighted by Gasteiger charge is -2.14. The summed E-state index contributed by atoms with van der Waals surface area (Å²) >= 11 is 0. The van der Waals surface area contributed by atoms with Gasteiger partial charge in [-0.2, -0.15) is 0 Å². The van der Waals surface area contributed by atoms with E-state index in [0.717, 1.165) is 34.2 Å². The van der Waals surface area contributed by atoms with Gasteiger partial charge in [-0.05, 0) is 31.2 Å². The molecule has 5 nitrogen and oxygen atoms in total. The van der Waals surface area contributed by atoms with Crippen LogP contribution in [0.25, 0.3) is 22.6 Å². The highest BCUT2D eigenvalue weighted by Gasteiger charge is 2.23. The van der Waals surface area contributed by atoms with Crippen LogP contribution >= 0.6 is 0 Å². The molecule has 0 radical (unpaired) electrons. The molecule has 0 aliphatic rings. The number of aromatic hydroxyl groups is 1. The lowest BCUT2D eigenvalue weighted by Crippen LogP contribution is -2.13. The van der Waals surface area contributed by atoms with Crippen LogP contribution in [-0.2, 0) is 5.41 Å². The van der Waals surface area contributed by atoms with Gasteiger partial charge in [0.1, 0.15) is 11.6 Å². The number of aryl methyl sites for hydroxylation is 1. The van der Waals surface area contributed by atoms with E-state index in [1.807, 2.05) is 31.2 Å². The Morgan fingerprint density at radius 3 is 2.46 bits per heavy atom. The zero-order chi connectivity index (χ0) is 17.5. The number of rotatable bonds is 2. The van der Waals surface area contributed by atoms with Crippen LogP contribution in [0.2, 0.25) is 0 Å². The fraction of sp³-hybridized carbons (Fsp3) is 0.263. The van der Waals surface area contributed by atoms with Gasteiger partial charge in [-0.15, -0.1) is 0 Å². The summed E-state index contributed by atoms with van der Waals surface area (Å²) in [6, 6.07) is 11.1. The predicted molar refractivity (Wildman–Crippen MR) is 96.8 cm³/mol. The lowest BCUT2D eigenvalue weighted by atomic mass is 9.96. The number of aromatic amines is 1. The average Bonchev–Trinajstić information content (AvgIpc) is 2.95. The van der Waals surface area contributed by atoms with Crippen molar-refractivity contribution >= 4 is 5.69 Å². The van der Waals surface area contributed by atoms with E-state index in [-0.39, 0.29) is 11.2 Å². The number of imidazole rings is 1. The fourth-order valence-corrected chi connectivity index (χ4v) is 2.50. The van der Waals surface area contributed by atoms with Crippen molar-refractivity contribution in [3.8, 4) is 28.4 Å². The summed E-state index contributed by atoms with van der Waals surface area (Å²) in [7, 11) is 0. The number of nitrogens with two attached hydrogens (primary N) is 1. The second-order valence-corrected chi connectivity index (χ2v) is 7.00. The number of H-pyrrole nitrogens is 1. The van der Waals surface area contributed by atoms with Crippen molar-refractivity contribution in [3.05, 3.63) is 47.9 Å². The molecule has 0 atom stereocenters. The molecule has 0 unspecified atom stereocenters. The molecule has 0 saturated carbocycles. The number of pyridine rings is 1. The second-order valence-electron chi connectivity index (χ2n) is 7.00. The van der Waals surface area contributed by atoms with Gasteiger partial charge >= 0.3 is 0 Å². The third-order valence-corrected chi connectivity index (χ3v) is 3.86. The minimum atomic E-state index is -0.132. The Hall–Kier alpha value is -2.82. The Morgan fingerprint density at radius 2 is 1.83 bits per heavy atom. The first-order valence-corrected chi connectivity index (χ1v) is 7.89. The van der Waals surface area contributed by atoms with E-state index in [9.17, 15) is 5.11 Å². The Labute approximate surface area is 141 Å². The number of phenols is 1. The number of nitrogen functional groups attached to an aromatic ring is 1. The van der Waals surface area contributed by atoms with Crippen LogP contribution in [0.4, 0.5) is 5.69 Å². The number of nitrogens with zero attached hydrogens (tertiary/aromatic N) is 2. The van der Waals surface area contributed by atoms with E-state index in [0.29, 0.717) is 5.69 Å². The molecule has 2 heterocycles. The lowest BCUT2D eigenvalue weighted by molar-refractivity contribution is 0.478. The van der Waals surface area contributed by atoms with E-state index in [4.69, 9.17) is 10.7 Å². The van der Waals surface area contributed by atoms with Gasteiger partial charge in [-0.1, -0.05) is 32.9 Å². The summed E-state index contributed by atoms with van der Waals surface area (Å²) in [6.45, 7) is 8.26. The van der Waals surface area contributed by atoms with E-state index in [2.05, 4.69) is 30.7 Å². The van der Waals surface area contributed by atoms with Crippen molar-refractivity contribution in [3.63, 3.8) is 0 Å². The van der Waals surface area contributed by atoms with Crippen LogP contribution < -0.4 is 5.73 Å². The number of aromatic nitrogens is 3. The van der Waals surface area contributed by atoms with Crippen LogP contribution in [0.5, 0.6) is 5.75 Å². The number of benzene rings is 1.